The van der Waals surface area contributed by atoms with E-state index < -0.39 is 0 Å². The van der Waals surface area contributed by atoms with Crippen molar-refractivity contribution in [2.45, 2.75) is 51.7 Å². The van der Waals surface area contributed by atoms with Crippen molar-refractivity contribution in [1.29, 1.82) is 0 Å². The number of allylic oxidation sites excluding steroid dienone is 1. The minimum Gasteiger partial charge on any atom is -0.325 e. The molecule has 0 spiro atoms. The van der Waals surface area contributed by atoms with Crippen molar-refractivity contribution in [3.05, 3.63) is 77.6 Å². The van der Waals surface area contributed by atoms with Gasteiger partial charge in [0.05, 0.1) is 12.2 Å². The van der Waals surface area contributed by atoms with E-state index in [-0.39, 0.29) is 24.0 Å². The Balaban J connectivity index is 1.65. The van der Waals surface area contributed by atoms with Gasteiger partial charge >= 0.3 is 0 Å². The van der Waals surface area contributed by atoms with Crippen molar-refractivity contribution in [3.8, 4) is 0 Å². The van der Waals surface area contributed by atoms with Crippen LogP contribution in [0.25, 0.3) is 0 Å². The van der Waals surface area contributed by atoms with Crippen LogP contribution in [-0.2, 0) is 22.6 Å². The molecule has 2 amide bonds. The van der Waals surface area contributed by atoms with E-state index >= 15 is 0 Å². The van der Waals surface area contributed by atoms with Crippen LogP contribution >= 0.6 is 11.8 Å². The maximum atomic E-state index is 12.7. The predicted molar refractivity (Wildman–Crippen MR) is 138 cm³/mol. The number of aryl methyl sites for hydroxylation is 2. The third kappa shape index (κ3) is 6.57. The molecule has 1 aromatic heterocycles. The summed E-state index contributed by atoms with van der Waals surface area (Å²) in [7, 11) is 0. The molecule has 3 rings (SSSR count). The Bertz CT molecular complexity index is 1190. The molecule has 3 aromatic rings. The van der Waals surface area contributed by atoms with Crippen LogP contribution in [0.5, 0.6) is 0 Å². The van der Waals surface area contributed by atoms with Crippen molar-refractivity contribution >= 4 is 35.0 Å². The zero-order valence-corrected chi connectivity index (χ0v) is 20.9. The number of amides is 2. The van der Waals surface area contributed by atoms with Crippen molar-refractivity contribution in [3.63, 3.8) is 0 Å². The first-order valence-corrected chi connectivity index (χ1v) is 12.2. The molecule has 2 aromatic carbocycles. The number of anilines is 2. The Hall–Kier alpha value is -3.39. The molecule has 0 fully saturated rings. The third-order valence-corrected chi connectivity index (χ3v) is 6.24. The van der Waals surface area contributed by atoms with Crippen LogP contribution < -0.4 is 10.6 Å². The molecule has 0 radical (unpaired) electrons. The molecular formula is C26H31N5O2S. The maximum absolute atomic E-state index is 12.7. The zero-order valence-electron chi connectivity index (χ0n) is 20.1. The Morgan fingerprint density at radius 1 is 1.06 bits per heavy atom. The monoisotopic (exact) mass is 477 g/mol. The number of nitrogens with one attached hydrogen (secondary N) is 2. The smallest absolute Gasteiger partial charge is 0.234 e. The number of nitrogens with zero attached hydrogens (tertiary/aromatic N) is 3. The van der Waals surface area contributed by atoms with Gasteiger partial charge in [0.2, 0.25) is 11.8 Å². The normalized spacial score (nSPS) is 10.9. The first kappa shape index (κ1) is 25.2. The molecule has 0 aliphatic rings. The molecule has 0 atom stereocenters. The highest BCUT2D eigenvalue weighted by Crippen LogP contribution is 2.25. The van der Waals surface area contributed by atoms with Gasteiger partial charge in [-0.05, 0) is 43.0 Å². The lowest BCUT2D eigenvalue weighted by Crippen LogP contribution is -2.19. The minimum absolute atomic E-state index is 0.0721. The van der Waals surface area contributed by atoms with Crippen LogP contribution in [0.1, 0.15) is 42.3 Å². The van der Waals surface area contributed by atoms with Crippen LogP contribution in [-0.4, -0.2) is 32.3 Å². The van der Waals surface area contributed by atoms with Gasteiger partial charge in [-0.3, -0.25) is 9.59 Å². The van der Waals surface area contributed by atoms with E-state index in [1.165, 1.54) is 11.8 Å². The average Bonchev–Trinajstić information content (AvgIpc) is 3.16. The van der Waals surface area contributed by atoms with Gasteiger partial charge < -0.3 is 15.2 Å². The number of thioether (sulfide) groups is 1. The summed E-state index contributed by atoms with van der Waals surface area (Å²) in [6.45, 7) is 12.4. The molecule has 7 nitrogen and oxygen atoms in total. The summed E-state index contributed by atoms with van der Waals surface area (Å²) in [4.78, 5) is 25.3. The number of hydrogen-bond acceptors (Lipinski definition) is 5. The van der Waals surface area contributed by atoms with Gasteiger partial charge in [0.1, 0.15) is 5.82 Å². The maximum Gasteiger partial charge on any atom is 0.234 e. The fourth-order valence-corrected chi connectivity index (χ4v) is 4.36. The molecule has 0 bridgehead atoms. The lowest BCUT2D eigenvalue weighted by Gasteiger charge is -2.13. The number of aromatic nitrogens is 3. The first-order chi connectivity index (χ1) is 16.3. The van der Waals surface area contributed by atoms with Crippen molar-refractivity contribution < 1.29 is 9.59 Å². The molecule has 178 valence electrons. The molecule has 1 heterocycles. The quantitative estimate of drug-likeness (QED) is 0.313. The van der Waals surface area contributed by atoms with Gasteiger partial charge in [-0.15, -0.1) is 16.8 Å². The summed E-state index contributed by atoms with van der Waals surface area (Å²) in [5.41, 5.74) is 4.83. The van der Waals surface area contributed by atoms with Crippen LogP contribution in [0.2, 0.25) is 0 Å². The Morgan fingerprint density at radius 2 is 1.79 bits per heavy atom. The van der Waals surface area contributed by atoms with E-state index in [9.17, 15) is 9.59 Å². The first-order valence-electron chi connectivity index (χ1n) is 11.2. The lowest BCUT2D eigenvalue weighted by atomic mass is 10.0. The molecule has 0 saturated heterocycles. The number of para-hydroxylation sites is 1. The van der Waals surface area contributed by atoms with E-state index in [4.69, 9.17) is 0 Å². The topological polar surface area (TPSA) is 88.9 Å². The minimum atomic E-state index is -0.177. The van der Waals surface area contributed by atoms with Crippen LogP contribution in [0.4, 0.5) is 11.4 Å². The molecular weight excluding hydrogens is 446 g/mol. The van der Waals surface area contributed by atoms with E-state index in [0.29, 0.717) is 23.4 Å². The summed E-state index contributed by atoms with van der Waals surface area (Å²) in [6.07, 6.45) is 1.79. The third-order valence-electron chi connectivity index (χ3n) is 5.27. The molecule has 0 aliphatic carbocycles. The molecule has 2 N–H and O–H groups in total. The van der Waals surface area contributed by atoms with E-state index in [2.05, 4.69) is 41.3 Å². The highest BCUT2D eigenvalue weighted by atomic mass is 32.2. The van der Waals surface area contributed by atoms with Crippen molar-refractivity contribution in [2.75, 3.05) is 16.4 Å². The summed E-state index contributed by atoms with van der Waals surface area (Å²) < 4.78 is 1.81. The van der Waals surface area contributed by atoms with Crippen LogP contribution in [0, 0.1) is 13.8 Å². The van der Waals surface area contributed by atoms with Gasteiger partial charge in [-0.1, -0.05) is 67.6 Å². The van der Waals surface area contributed by atoms with Crippen molar-refractivity contribution in [1.82, 2.24) is 14.8 Å². The van der Waals surface area contributed by atoms with Crippen LogP contribution in [0.15, 0.2) is 60.3 Å². The van der Waals surface area contributed by atoms with Gasteiger partial charge in [0, 0.05) is 17.9 Å². The molecule has 0 aliphatic heterocycles. The van der Waals surface area contributed by atoms with Crippen LogP contribution in [0.3, 0.4) is 0 Å². The van der Waals surface area contributed by atoms with E-state index in [0.717, 1.165) is 28.1 Å². The Kier molecular flexibility index (Phi) is 8.65. The van der Waals surface area contributed by atoms with E-state index in [1.54, 1.807) is 6.08 Å². The van der Waals surface area contributed by atoms with Crippen molar-refractivity contribution in [2.24, 2.45) is 0 Å². The molecule has 8 heteroatoms. The molecule has 34 heavy (non-hydrogen) atoms. The second-order valence-electron chi connectivity index (χ2n) is 8.42. The Morgan fingerprint density at radius 3 is 2.50 bits per heavy atom. The number of rotatable bonds is 10. The van der Waals surface area contributed by atoms with Gasteiger partial charge in [0.25, 0.3) is 0 Å². The average molecular weight is 478 g/mol. The number of hydrogen-bond donors (Lipinski definition) is 2. The number of carbonyl (C=O) groups is 2. The summed E-state index contributed by atoms with van der Waals surface area (Å²) in [6, 6.07) is 13.7. The SMILES string of the molecule is C=CCn1c(CC(=O)Nc2ccc(C)cc2C)nnc1SCC(=O)Nc1ccccc1C(C)C. The number of carbonyl (C=O) groups excluding carboxylic acids is 2. The summed E-state index contributed by atoms with van der Waals surface area (Å²) in [5.74, 6) is 0.702. The second-order valence-corrected chi connectivity index (χ2v) is 9.36. The van der Waals surface area contributed by atoms with Gasteiger partial charge in [-0.2, -0.15) is 0 Å². The predicted octanol–water partition coefficient (Wildman–Crippen LogP) is 5.12. The molecule has 0 unspecified atom stereocenters. The molecule has 0 saturated carbocycles. The van der Waals surface area contributed by atoms with E-state index in [1.807, 2.05) is 60.9 Å². The fraction of sp³-hybridized carbons (Fsp3) is 0.308. The highest BCUT2D eigenvalue weighted by molar-refractivity contribution is 7.99. The summed E-state index contributed by atoms with van der Waals surface area (Å²) >= 11 is 1.28. The van der Waals surface area contributed by atoms with Gasteiger partial charge in [0.15, 0.2) is 5.16 Å². The zero-order chi connectivity index (χ0) is 24.7. The lowest BCUT2D eigenvalue weighted by molar-refractivity contribution is -0.116. The second kappa shape index (κ2) is 11.7. The highest BCUT2D eigenvalue weighted by Gasteiger charge is 2.17. The Labute approximate surface area is 205 Å². The fourth-order valence-electron chi connectivity index (χ4n) is 3.59. The van der Waals surface area contributed by atoms with Gasteiger partial charge in [-0.25, -0.2) is 0 Å². The number of benzene rings is 2. The summed E-state index contributed by atoms with van der Waals surface area (Å²) in [5, 5.41) is 14.9. The standard InChI is InChI=1S/C26H31N5O2S/c1-6-13-31-23(15-24(32)27-21-12-11-18(4)14-19(21)5)29-30-26(31)34-16-25(33)28-22-10-8-7-9-20(22)17(2)3/h6-12,14,17H,1,13,15-16H2,2-5H3,(H,27,32)(H,28,33). The largest absolute Gasteiger partial charge is 0.325 e.